The van der Waals surface area contributed by atoms with Crippen molar-refractivity contribution in [2.45, 2.75) is 0 Å². The van der Waals surface area contributed by atoms with Gasteiger partial charge in [-0.2, -0.15) is 0 Å². The molecule has 0 bridgehead atoms. The monoisotopic (exact) mass is 251 g/mol. The molecule has 3 heteroatoms. The molecular formula is C16H13NO2. The summed E-state index contributed by atoms with van der Waals surface area (Å²) in [5, 5.41) is 0. The number of benzene rings is 2. The number of Topliss-reactive ketones (excluding diaryl/α,β-unsaturated/α-hetero) is 2. The Kier molecular flexibility index (Phi) is 2.49. The highest BCUT2D eigenvalue weighted by molar-refractivity contribution is 6.53. The second kappa shape index (κ2) is 4.05. The van der Waals surface area contributed by atoms with Gasteiger partial charge in [-0.05, 0) is 23.3 Å². The van der Waals surface area contributed by atoms with E-state index in [0.29, 0.717) is 11.1 Å². The predicted octanol–water partition coefficient (Wildman–Crippen LogP) is 2.80. The average molecular weight is 251 g/mol. The molecule has 0 fully saturated rings. The van der Waals surface area contributed by atoms with Gasteiger partial charge in [0.15, 0.2) is 0 Å². The minimum absolute atomic E-state index is 0.418. The molecule has 0 radical (unpaired) electrons. The van der Waals surface area contributed by atoms with Crippen LogP contribution >= 0.6 is 0 Å². The summed E-state index contributed by atoms with van der Waals surface area (Å²) in [5.74, 6) is -0.837. The van der Waals surface area contributed by atoms with Crippen LogP contribution in [0.4, 0.5) is 5.69 Å². The second-order valence-corrected chi connectivity index (χ2v) is 4.83. The molecule has 0 saturated heterocycles. The summed E-state index contributed by atoms with van der Waals surface area (Å²) in [6.45, 7) is 0. The number of carbonyl (C=O) groups excluding carboxylic acids is 2. The molecular weight excluding hydrogens is 238 g/mol. The van der Waals surface area contributed by atoms with E-state index in [2.05, 4.69) is 0 Å². The highest BCUT2D eigenvalue weighted by Crippen LogP contribution is 2.35. The van der Waals surface area contributed by atoms with E-state index in [4.69, 9.17) is 0 Å². The van der Waals surface area contributed by atoms with Crippen LogP contribution in [0.25, 0.3) is 11.1 Å². The number of rotatable bonds is 1. The van der Waals surface area contributed by atoms with Gasteiger partial charge in [-0.15, -0.1) is 0 Å². The maximum Gasteiger partial charge on any atom is 0.234 e. The number of hydrogen-bond donors (Lipinski definition) is 0. The van der Waals surface area contributed by atoms with Gasteiger partial charge >= 0.3 is 0 Å². The van der Waals surface area contributed by atoms with E-state index in [1.54, 1.807) is 18.2 Å². The molecule has 94 valence electrons. The van der Waals surface area contributed by atoms with Crippen molar-refractivity contribution in [2.75, 3.05) is 19.0 Å². The molecule has 0 amide bonds. The van der Waals surface area contributed by atoms with Crippen molar-refractivity contribution in [1.29, 1.82) is 0 Å². The first kappa shape index (κ1) is 11.7. The minimum atomic E-state index is -0.419. The van der Waals surface area contributed by atoms with Crippen LogP contribution in [0.2, 0.25) is 0 Å². The lowest BCUT2D eigenvalue weighted by molar-refractivity contribution is 0.0815. The van der Waals surface area contributed by atoms with E-state index in [1.165, 1.54) is 0 Å². The third kappa shape index (κ3) is 1.66. The Hall–Kier alpha value is -2.42. The van der Waals surface area contributed by atoms with Crippen molar-refractivity contribution in [3.8, 4) is 11.1 Å². The van der Waals surface area contributed by atoms with Crippen molar-refractivity contribution in [2.24, 2.45) is 0 Å². The van der Waals surface area contributed by atoms with Gasteiger partial charge in [-0.1, -0.05) is 30.3 Å². The summed E-state index contributed by atoms with van der Waals surface area (Å²) in [7, 11) is 3.82. The predicted molar refractivity (Wildman–Crippen MR) is 74.9 cm³/mol. The lowest BCUT2D eigenvalue weighted by Crippen LogP contribution is -2.21. The molecule has 2 aromatic rings. The molecule has 3 nitrogen and oxygen atoms in total. The number of anilines is 1. The molecule has 0 spiro atoms. The Morgan fingerprint density at radius 2 is 1.32 bits per heavy atom. The Balaban J connectivity index is 2.30. The fraction of sp³-hybridized carbons (Fsp3) is 0.125. The summed E-state index contributed by atoms with van der Waals surface area (Å²) in [5.41, 5.74) is 3.59. The molecule has 0 unspecified atom stereocenters. The number of ketones is 2. The zero-order valence-corrected chi connectivity index (χ0v) is 10.8. The molecule has 19 heavy (non-hydrogen) atoms. The van der Waals surface area contributed by atoms with Gasteiger partial charge in [0.05, 0.1) is 0 Å². The molecule has 0 aromatic heterocycles. The van der Waals surface area contributed by atoms with Gasteiger partial charge in [-0.3, -0.25) is 9.59 Å². The highest BCUT2D eigenvalue weighted by Gasteiger charge is 2.30. The van der Waals surface area contributed by atoms with Gasteiger partial charge in [0.2, 0.25) is 11.6 Å². The molecule has 0 heterocycles. The van der Waals surface area contributed by atoms with Crippen molar-refractivity contribution in [3.05, 3.63) is 53.6 Å². The van der Waals surface area contributed by atoms with Crippen LogP contribution in [0.3, 0.4) is 0 Å². The third-order valence-corrected chi connectivity index (χ3v) is 3.43. The van der Waals surface area contributed by atoms with E-state index < -0.39 is 11.6 Å². The van der Waals surface area contributed by atoms with Crippen molar-refractivity contribution >= 4 is 17.3 Å². The maximum absolute atomic E-state index is 12.2. The van der Waals surface area contributed by atoms with Crippen LogP contribution in [-0.4, -0.2) is 25.7 Å². The van der Waals surface area contributed by atoms with E-state index in [1.807, 2.05) is 43.3 Å². The van der Waals surface area contributed by atoms with Crippen LogP contribution in [0.1, 0.15) is 20.7 Å². The lowest BCUT2D eigenvalue weighted by Gasteiger charge is -2.20. The fourth-order valence-electron chi connectivity index (χ4n) is 2.39. The van der Waals surface area contributed by atoms with Gasteiger partial charge in [0.1, 0.15) is 0 Å². The number of nitrogens with zero attached hydrogens (tertiary/aromatic N) is 1. The first-order valence-corrected chi connectivity index (χ1v) is 6.09. The summed E-state index contributed by atoms with van der Waals surface area (Å²) < 4.78 is 0. The van der Waals surface area contributed by atoms with Crippen molar-refractivity contribution < 1.29 is 9.59 Å². The van der Waals surface area contributed by atoms with E-state index in [-0.39, 0.29) is 0 Å². The quantitative estimate of drug-likeness (QED) is 0.731. The van der Waals surface area contributed by atoms with Crippen LogP contribution < -0.4 is 4.90 Å². The zero-order chi connectivity index (χ0) is 13.6. The number of fused-ring (bicyclic) bond motifs is 3. The topological polar surface area (TPSA) is 37.4 Å². The maximum atomic E-state index is 12.2. The van der Waals surface area contributed by atoms with Crippen LogP contribution in [0.5, 0.6) is 0 Å². The first-order valence-electron chi connectivity index (χ1n) is 6.09. The van der Waals surface area contributed by atoms with Gasteiger partial charge in [0, 0.05) is 30.9 Å². The average Bonchev–Trinajstić information content (AvgIpc) is 2.44. The molecule has 0 atom stereocenters. The molecule has 0 saturated carbocycles. The van der Waals surface area contributed by atoms with E-state index in [0.717, 1.165) is 16.8 Å². The number of hydrogen-bond acceptors (Lipinski definition) is 3. The minimum Gasteiger partial charge on any atom is -0.378 e. The second-order valence-electron chi connectivity index (χ2n) is 4.83. The van der Waals surface area contributed by atoms with Crippen LogP contribution in [0.15, 0.2) is 42.5 Å². The lowest BCUT2D eigenvalue weighted by atomic mass is 9.84. The van der Waals surface area contributed by atoms with Crippen molar-refractivity contribution in [3.63, 3.8) is 0 Å². The van der Waals surface area contributed by atoms with Crippen LogP contribution in [-0.2, 0) is 0 Å². The van der Waals surface area contributed by atoms with Gasteiger partial charge in [0.25, 0.3) is 0 Å². The standard InChI is InChI=1S/C16H13NO2/c1-17(2)10-7-8-12-11-5-3-4-6-13(11)15(18)16(19)14(12)9-10/h3-9H,1-2H3. The van der Waals surface area contributed by atoms with Gasteiger partial charge in [-0.25, -0.2) is 0 Å². The fourth-order valence-corrected chi connectivity index (χ4v) is 2.39. The molecule has 0 aliphatic heterocycles. The summed E-state index contributed by atoms with van der Waals surface area (Å²) >= 11 is 0. The Bertz CT molecular complexity index is 702. The Labute approximate surface area is 111 Å². The van der Waals surface area contributed by atoms with E-state index in [9.17, 15) is 9.59 Å². The Morgan fingerprint density at radius 1 is 0.737 bits per heavy atom. The van der Waals surface area contributed by atoms with Crippen molar-refractivity contribution in [1.82, 2.24) is 0 Å². The first-order chi connectivity index (χ1) is 9.09. The molecule has 3 rings (SSSR count). The molecule has 1 aliphatic carbocycles. The summed E-state index contributed by atoms with van der Waals surface area (Å²) in [6, 6.07) is 12.9. The smallest absolute Gasteiger partial charge is 0.234 e. The molecule has 2 aromatic carbocycles. The third-order valence-electron chi connectivity index (χ3n) is 3.43. The SMILES string of the molecule is CN(C)c1ccc2c(c1)C(=O)C(=O)c1ccccc1-2. The summed E-state index contributed by atoms with van der Waals surface area (Å²) in [4.78, 5) is 26.2. The highest BCUT2D eigenvalue weighted by atomic mass is 16.2. The normalized spacial score (nSPS) is 12.9. The summed E-state index contributed by atoms with van der Waals surface area (Å²) in [6.07, 6.45) is 0. The largest absolute Gasteiger partial charge is 0.378 e. The van der Waals surface area contributed by atoms with Crippen LogP contribution in [0, 0.1) is 0 Å². The molecule has 0 N–H and O–H groups in total. The van der Waals surface area contributed by atoms with Gasteiger partial charge < -0.3 is 4.90 Å². The molecule has 1 aliphatic rings. The zero-order valence-electron chi connectivity index (χ0n) is 10.8. The number of carbonyl (C=O) groups is 2. The Morgan fingerprint density at radius 3 is 2.00 bits per heavy atom. The van der Waals surface area contributed by atoms with E-state index >= 15 is 0 Å².